The monoisotopic (exact) mass is 456 g/mol. The minimum Gasteiger partial charge on any atom is -0.463 e. The van der Waals surface area contributed by atoms with Crippen molar-refractivity contribution in [2.45, 2.75) is 125 Å². The van der Waals surface area contributed by atoms with Gasteiger partial charge in [-0.2, -0.15) is 0 Å². The highest BCUT2D eigenvalue weighted by Crippen LogP contribution is 2.67. The molecule has 188 valence electrons. The molecule has 0 aromatic carbocycles. The molecule has 33 heavy (non-hydrogen) atoms. The first kappa shape index (κ1) is 25.3. The van der Waals surface area contributed by atoms with Gasteiger partial charge in [-0.1, -0.05) is 66.0 Å². The zero-order chi connectivity index (χ0) is 24.0. The normalized spacial score (nSPS) is 42.1. The van der Waals surface area contributed by atoms with Crippen LogP contribution in [0.3, 0.4) is 0 Å². The molecule has 0 spiro atoms. The summed E-state index contributed by atoms with van der Waals surface area (Å²) in [5, 5.41) is 0. The number of hydrogen-bond donors (Lipinski definition) is 0. The van der Waals surface area contributed by atoms with Gasteiger partial charge in [0.2, 0.25) is 0 Å². The summed E-state index contributed by atoms with van der Waals surface area (Å²) < 4.78 is 5.65. The third kappa shape index (κ3) is 4.58. The predicted octanol–water partition coefficient (Wildman–Crippen LogP) is 8.60. The maximum absolute atomic E-state index is 11.5. The summed E-state index contributed by atoms with van der Waals surface area (Å²) in [6.45, 7) is 16.6. The van der Waals surface area contributed by atoms with Gasteiger partial charge in [0.1, 0.15) is 6.10 Å². The highest BCUT2D eigenvalue weighted by Gasteiger charge is 2.58. The van der Waals surface area contributed by atoms with Crippen LogP contribution in [-0.2, 0) is 9.53 Å². The minimum atomic E-state index is -0.103. The molecule has 4 rings (SSSR count). The Morgan fingerprint density at radius 1 is 1.03 bits per heavy atom. The summed E-state index contributed by atoms with van der Waals surface area (Å²) in [6.07, 6.45) is 17.3. The smallest absolute Gasteiger partial charge is 0.302 e. The van der Waals surface area contributed by atoms with Crippen molar-refractivity contribution >= 4 is 5.97 Å². The Morgan fingerprint density at radius 2 is 1.73 bits per heavy atom. The molecular weight excluding hydrogens is 404 g/mol. The summed E-state index contributed by atoms with van der Waals surface area (Å²) in [5.74, 6) is 5.65. The molecule has 9 atom stereocenters. The van der Waals surface area contributed by atoms with Crippen molar-refractivity contribution in [1.82, 2.24) is 0 Å². The molecule has 4 aliphatic carbocycles. The molecule has 0 aromatic rings. The van der Waals surface area contributed by atoms with Crippen molar-refractivity contribution in [1.29, 1.82) is 0 Å². The first-order valence-electron chi connectivity index (χ1n) is 14.5. The van der Waals surface area contributed by atoms with E-state index < -0.39 is 0 Å². The summed E-state index contributed by atoms with van der Waals surface area (Å²) >= 11 is 0. The Labute approximate surface area is 204 Å². The van der Waals surface area contributed by atoms with E-state index in [1.54, 1.807) is 6.92 Å². The number of allylic oxidation sites excluding steroid dienone is 2. The Hall–Kier alpha value is -0.790. The van der Waals surface area contributed by atoms with E-state index in [-0.39, 0.29) is 12.1 Å². The highest BCUT2D eigenvalue weighted by molar-refractivity contribution is 5.66. The van der Waals surface area contributed by atoms with Crippen LogP contribution < -0.4 is 0 Å². The third-order valence-corrected chi connectivity index (χ3v) is 11.6. The first-order valence-corrected chi connectivity index (χ1v) is 14.5. The summed E-state index contributed by atoms with van der Waals surface area (Å²) in [6, 6.07) is 0. The fourth-order valence-corrected chi connectivity index (χ4v) is 9.48. The van der Waals surface area contributed by atoms with Gasteiger partial charge in [0.15, 0.2) is 0 Å². The third-order valence-electron chi connectivity index (χ3n) is 11.6. The second kappa shape index (κ2) is 9.69. The average Bonchev–Trinajstić information content (AvgIpc) is 3.11. The Kier molecular flexibility index (Phi) is 7.43. The lowest BCUT2D eigenvalue weighted by Crippen LogP contribution is -2.50. The lowest BCUT2D eigenvalue weighted by Gasteiger charge is -2.58. The summed E-state index contributed by atoms with van der Waals surface area (Å²) in [5.41, 5.74) is 2.79. The fraction of sp³-hybridized carbons (Fsp3) is 0.903. The molecule has 0 heterocycles. The number of rotatable bonds is 7. The van der Waals surface area contributed by atoms with Crippen molar-refractivity contribution in [2.75, 3.05) is 0 Å². The largest absolute Gasteiger partial charge is 0.463 e. The average molecular weight is 457 g/mol. The van der Waals surface area contributed by atoms with Crippen molar-refractivity contribution < 1.29 is 9.53 Å². The van der Waals surface area contributed by atoms with Crippen LogP contribution in [0.4, 0.5) is 0 Å². The molecule has 3 saturated carbocycles. The topological polar surface area (TPSA) is 26.3 Å². The second-order valence-electron chi connectivity index (χ2n) is 13.4. The van der Waals surface area contributed by atoms with Gasteiger partial charge in [-0.15, -0.1) is 0 Å². The molecule has 4 aliphatic rings. The molecule has 0 aromatic heterocycles. The molecule has 2 heteroatoms. The molecule has 2 nitrogen and oxygen atoms in total. The maximum atomic E-state index is 11.5. The minimum absolute atomic E-state index is 0.103. The van der Waals surface area contributed by atoms with Gasteiger partial charge >= 0.3 is 5.97 Å². The lowest BCUT2D eigenvalue weighted by molar-refractivity contribution is -0.152. The van der Waals surface area contributed by atoms with E-state index in [1.165, 1.54) is 57.8 Å². The van der Waals surface area contributed by atoms with Gasteiger partial charge in [-0.25, -0.2) is 0 Å². The molecule has 0 N–H and O–H groups in total. The zero-order valence-corrected chi connectivity index (χ0v) is 22.8. The zero-order valence-electron chi connectivity index (χ0n) is 22.8. The van der Waals surface area contributed by atoms with E-state index in [0.29, 0.717) is 16.7 Å². The molecule has 0 radical (unpaired) electrons. The van der Waals surface area contributed by atoms with Gasteiger partial charge < -0.3 is 4.74 Å². The molecule has 0 aliphatic heterocycles. The first-order chi connectivity index (χ1) is 15.6. The van der Waals surface area contributed by atoms with Crippen LogP contribution in [0.15, 0.2) is 11.6 Å². The number of ether oxygens (including phenoxy) is 1. The van der Waals surface area contributed by atoms with Crippen molar-refractivity contribution in [3.05, 3.63) is 11.6 Å². The van der Waals surface area contributed by atoms with Crippen LogP contribution in [0.5, 0.6) is 0 Å². The van der Waals surface area contributed by atoms with Gasteiger partial charge in [0.05, 0.1) is 0 Å². The number of fused-ring (bicyclic) bond motifs is 5. The van der Waals surface area contributed by atoms with Gasteiger partial charge in [0.25, 0.3) is 0 Å². The molecule has 0 amide bonds. The summed E-state index contributed by atoms with van der Waals surface area (Å²) in [4.78, 5) is 11.5. The van der Waals surface area contributed by atoms with E-state index in [0.717, 1.165) is 48.3 Å². The van der Waals surface area contributed by atoms with Crippen molar-refractivity contribution in [3.63, 3.8) is 0 Å². The number of carbonyl (C=O) groups is 1. The SMILES string of the molecule is CC[C@H](CC[C@@H](C)[C@@H]1CC[C@@H]2C3=CC[C@H]4C[C@H](OC(C)=O)CC[C@]4(C)[C@@H]3CC[C@@]21C)C(C)C. The van der Waals surface area contributed by atoms with E-state index in [9.17, 15) is 4.79 Å². The van der Waals surface area contributed by atoms with Crippen LogP contribution in [0, 0.1) is 52.3 Å². The van der Waals surface area contributed by atoms with E-state index >= 15 is 0 Å². The van der Waals surface area contributed by atoms with Crippen LogP contribution in [0.2, 0.25) is 0 Å². The number of carbonyl (C=O) groups excluding carboxylic acids is 1. The standard InChI is InChI=1S/C31H52O2/c1-8-23(20(2)3)10-9-21(4)27-13-14-28-26-12-11-24-19-25(33-22(5)32)15-17-30(24,6)29(26)16-18-31(27,28)7/h12,20-21,23-25,27-29H,8-11,13-19H2,1-7H3/t21-,23-,24+,25-,27+,28-,29-,30+,31-/m1/s1. The quantitative estimate of drug-likeness (QED) is 0.283. The van der Waals surface area contributed by atoms with Gasteiger partial charge in [0, 0.05) is 6.92 Å². The Bertz CT molecular complexity index is 737. The van der Waals surface area contributed by atoms with Crippen LogP contribution in [-0.4, -0.2) is 12.1 Å². The van der Waals surface area contributed by atoms with Crippen molar-refractivity contribution in [2.24, 2.45) is 52.3 Å². The van der Waals surface area contributed by atoms with Crippen LogP contribution in [0.1, 0.15) is 119 Å². The van der Waals surface area contributed by atoms with E-state index in [1.807, 2.05) is 5.57 Å². The molecule has 0 unspecified atom stereocenters. The Morgan fingerprint density at radius 3 is 2.39 bits per heavy atom. The maximum Gasteiger partial charge on any atom is 0.302 e. The van der Waals surface area contributed by atoms with E-state index in [2.05, 4.69) is 47.6 Å². The lowest BCUT2D eigenvalue weighted by atomic mass is 9.47. The highest BCUT2D eigenvalue weighted by atomic mass is 16.5. The number of hydrogen-bond acceptors (Lipinski definition) is 2. The predicted molar refractivity (Wildman–Crippen MR) is 138 cm³/mol. The van der Waals surface area contributed by atoms with E-state index in [4.69, 9.17) is 4.74 Å². The molecule has 3 fully saturated rings. The fourth-order valence-electron chi connectivity index (χ4n) is 9.48. The van der Waals surface area contributed by atoms with Crippen molar-refractivity contribution in [3.8, 4) is 0 Å². The number of esters is 1. The Balaban J connectivity index is 1.46. The summed E-state index contributed by atoms with van der Waals surface area (Å²) in [7, 11) is 0. The van der Waals surface area contributed by atoms with Crippen LogP contribution >= 0.6 is 0 Å². The molecule has 0 saturated heterocycles. The molecule has 0 bridgehead atoms. The van der Waals surface area contributed by atoms with Crippen LogP contribution in [0.25, 0.3) is 0 Å². The van der Waals surface area contributed by atoms with Gasteiger partial charge in [-0.3, -0.25) is 4.79 Å². The van der Waals surface area contributed by atoms with Gasteiger partial charge in [-0.05, 0) is 110 Å². The second-order valence-corrected chi connectivity index (χ2v) is 13.4. The molecular formula is C31H52O2.